The summed E-state index contributed by atoms with van der Waals surface area (Å²) >= 11 is 1.62. The van der Waals surface area contributed by atoms with Crippen LogP contribution in [0.3, 0.4) is 0 Å². The lowest BCUT2D eigenvalue weighted by Crippen LogP contribution is -2.30. The highest BCUT2D eigenvalue weighted by atomic mass is 32.1. The van der Waals surface area contributed by atoms with E-state index in [0.29, 0.717) is 24.2 Å². The Hall–Kier alpha value is -2.60. The maximum Gasteiger partial charge on any atom is 0.326 e. The fourth-order valence-corrected chi connectivity index (χ4v) is 3.24. The quantitative estimate of drug-likeness (QED) is 0.733. The van der Waals surface area contributed by atoms with Crippen LogP contribution in [0.15, 0.2) is 53.2 Å². The lowest BCUT2D eigenvalue weighted by Gasteiger charge is -2.20. The predicted molar refractivity (Wildman–Crippen MR) is 92.8 cm³/mol. The molecule has 0 saturated heterocycles. The van der Waals surface area contributed by atoms with Crippen LogP contribution < -0.4 is 5.69 Å². The number of carbonyl (C=O) groups excluding carboxylic acids is 1. The third kappa shape index (κ3) is 2.98. The number of aryl methyl sites for hydroxylation is 1. The number of hydrogen-bond donors (Lipinski definition) is 1. The highest BCUT2D eigenvalue weighted by Crippen LogP contribution is 2.17. The van der Waals surface area contributed by atoms with Gasteiger partial charge in [0.25, 0.3) is 5.91 Å². The summed E-state index contributed by atoms with van der Waals surface area (Å²) in [7, 11) is 1.70. The van der Waals surface area contributed by atoms with E-state index in [2.05, 4.69) is 11.6 Å². The van der Waals surface area contributed by atoms with E-state index in [1.54, 1.807) is 47.6 Å². The highest BCUT2D eigenvalue weighted by Gasteiger charge is 2.17. The molecule has 0 aliphatic carbocycles. The minimum Gasteiger partial charge on any atom is -0.330 e. The van der Waals surface area contributed by atoms with Crippen LogP contribution in [0.2, 0.25) is 0 Å². The van der Waals surface area contributed by atoms with Gasteiger partial charge in [0.2, 0.25) is 0 Å². The lowest BCUT2D eigenvalue weighted by molar-refractivity contribution is 0.0764. The summed E-state index contributed by atoms with van der Waals surface area (Å²) in [6.45, 7) is 4.75. The minimum atomic E-state index is -0.189. The number of fused-ring (bicyclic) bond motifs is 1. The number of aromatic nitrogens is 2. The second-order valence-electron chi connectivity index (χ2n) is 5.27. The Balaban J connectivity index is 1.92. The van der Waals surface area contributed by atoms with Gasteiger partial charge < -0.3 is 9.88 Å². The summed E-state index contributed by atoms with van der Waals surface area (Å²) in [5.74, 6) is -0.0788. The number of aromatic amines is 1. The number of H-pyrrole nitrogens is 1. The summed E-state index contributed by atoms with van der Waals surface area (Å²) in [6, 6.07) is 9.24. The first-order chi connectivity index (χ1) is 11.1. The molecule has 0 atom stereocenters. The molecule has 2 aromatic heterocycles. The van der Waals surface area contributed by atoms with Crippen molar-refractivity contribution in [3.63, 3.8) is 0 Å². The predicted octanol–water partition coefficient (Wildman–Crippen LogP) is 2.76. The molecule has 1 aromatic carbocycles. The van der Waals surface area contributed by atoms with Crippen LogP contribution >= 0.6 is 11.3 Å². The van der Waals surface area contributed by atoms with Crippen molar-refractivity contribution in [2.24, 2.45) is 7.05 Å². The van der Waals surface area contributed by atoms with Crippen molar-refractivity contribution in [2.75, 3.05) is 6.54 Å². The van der Waals surface area contributed by atoms with Gasteiger partial charge in [0.05, 0.1) is 17.6 Å². The largest absolute Gasteiger partial charge is 0.330 e. The fraction of sp³-hybridized carbons (Fsp3) is 0.176. The van der Waals surface area contributed by atoms with Crippen molar-refractivity contribution in [3.8, 4) is 0 Å². The molecule has 3 aromatic rings. The van der Waals surface area contributed by atoms with Crippen molar-refractivity contribution < 1.29 is 4.79 Å². The zero-order chi connectivity index (χ0) is 16.4. The van der Waals surface area contributed by atoms with Crippen molar-refractivity contribution >= 4 is 28.3 Å². The molecule has 0 bridgehead atoms. The van der Waals surface area contributed by atoms with Crippen molar-refractivity contribution in [2.45, 2.75) is 6.54 Å². The van der Waals surface area contributed by atoms with Crippen LogP contribution in [-0.2, 0) is 13.6 Å². The topological polar surface area (TPSA) is 58.1 Å². The van der Waals surface area contributed by atoms with Crippen molar-refractivity contribution in [3.05, 3.63) is 69.3 Å². The fourth-order valence-electron chi connectivity index (χ4n) is 2.52. The first-order valence-electron chi connectivity index (χ1n) is 7.21. The number of imidazole rings is 1. The summed E-state index contributed by atoms with van der Waals surface area (Å²) in [5, 5.41) is 1.99. The molecule has 5 nitrogen and oxygen atoms in total. The molecule has 0 spiro atoms. The molecule has 118 valence electrons. The van der Waals surface area contributed by atoms with Gasteiger partial charge in [-0.15, -0.1) is 17.9 Å². The minimum absolute atomic E-state index is 0.0788. The molecule has 2 heterocycles. The molecule has 0 unspecified atom stereocenters. The Morgan fingerprint density at radius 1 is 1.43 bits per heavy atom. The summed E-state index contributed by atoms with van der Waals surface area (Å²) in [5.41, 5.74) is 1.81. The Bertz CT molecular complexity index is 906. The zero-order valence-electron chi connectivity index (χ0n) is 12.8. The normalized spacial score (nSPS) is 10.8. The number of thiophene rings is 1. The van der Waals surface area contributed by atoms with Gasteiger partial charge >= 0.3 is 5.69 Å². The monoisotopic (exact) mass is 327 g/mol. The van der Waals surface area contributed by atoms with Gasteiger partial charge in [-0.3, -0.25) is 9.36 Å². The number of benzene rings is 1. The number of nitrogens with one attached hydrogen (secondary N) is 1. The Kier molecular flexibility index (Phi) is 4.16. The first-order valence-corrected chi connectivity index (χ1v) is 8.09. The van der Waals surface area contributed by atoms with E-state index in [1.165, 1.54) is 4.57 Å². The van der Waals surface area contributed by atoms with E-state index in [0.717, 1.165) is 10.4 Å². The van der Waals surface area contributed by atoms with Crippen molar-refractivity contribution in [1.82, 2.24) is 14.5 Å². The van der Waals surface area contributed by atoms with Crippen LogP contribution in [0.5, 0.6) is 0 Å². The molecular weight excluding hydrogens is 310 g/mol. The molecule has 23 heavy (non-hydrogen) atoms. The lowest BCUT2D eigenvalue weighted by atomic mass is 10.1. The van der Waals surface area contributed by atoms with Crippen LogP contribution in [0.1, 0.15) is 15.2 Å². The van der Waals surface area contributed by atoms with E-state index in [1.807, 2.05) is 17.5 Å². The highest BCUT2D eigenvalue weighted by molar-refractivity contribution is 7.09. The van der Waals surface area contributed by atoms with Gasteiger partial charge in [0.15, 0.2) is 0 Å². The van der Waals surface area contributed by atoms with Crippen LogP contribution in [-0.4, -0.2) is 26.9 Å². The van der Waals surface area contributed by atoms with Gasteiger partial charge in [0, 0.05) is 24.0 Å². The van der Waals surface area contributed by atoms with Gasteiger partial charge in [-0.1, -0.05) is 12.1 Å². The number of amides is 1. The third-order valence-corrected chi connectivity index (χ3v) is 4.58. The maximum atomic E-state index is 12.8. The van der Waals surface area contributed by atoms with Gasteiger partial charge in [0.1, 0.15) is 0 Å². The first kappa shape index (κ1) is 15.3. The number of carbonyl (C=O) groups is 1. The molecular formula is C17H17N3O2S. The standard InChI is InChI=1S/C17H17N3O2S/c1-3-8-20(11-13-5-4-9-23-13)16(21)12-6-7-15-14(10-12)18-17(22)19(15)2/h3-7,9-10H,1,8,11H2,2H3,(H,18,22). The van der Waals surface area contributed by atoms with E-state index in [9.17, 15) is 9.59 Å². The summed E-state index contributed by atoms with van der Waals surface area (Å²) < 4.78 is 1.52. The van der Waals surface area contributed by atoms with E-state index >= 15 is 0 Å². The van der Waals surface area contributed by atoms with Gasteiger partial charge in [-0.25, -0.2) is 4.79 Å². The van der Waals surface area contributed by atoms with E-state index in [-0.39, 0.29) is 11.6 Å². The average Bonchev–Trinajstić information content (AvgIpc) is 3.15. The molecule has 3 rings (SSSR count). The third-order valence-electron chi connectivity index (χ3n) is 3.71. The molecule has 0 aliphatic heterocycles. The molecule has 0 radical (unpaired) electrons. The SMILES string of the molecule is C=CCN(Cc1cccs1)C(=O)c1ccc2c(c1)[nH]c(=O)n2C. The van der Waals surface area contributed by atoms with Crippen LogP contribution in [0, 0.1) is 0 Å². The number of nitrogens with zero attached hydrogens (tertiary/aromatic N) is 2. The van der Waals surface area contributed by atoms with Crippen LogP contribution in [0.25, 0.3) is 11.0 Å². The second kappa shape index (κ2) is 6.26. The second-order valence-corrected chi connectivity index (χ2v) is 6.31. The average molecular weight is 327 g/mol. The molecule has 0 saturated carbocycles. The smallest absolute Gasteiger partial charge is 0.326 e. The van der Waals surface area contributed by atoms with E-state index in [4.69, 9.17) is 0 Å². The van der Waals surface area contributed by atoms with E-state index < -0.39 is 0 Å². The summed E-state index contributed by atoms with van der Waals surface area (Å²) in [6.07, 6.45) is 1.72. The molecule has 6 heteroatoms. The zero-order valence-corrected chi connectivity index (χ0v) is 13.6. The Morgan fingerprint density at radius 2 is 2.26 bits per heavy atom. The van der Waals surface area contributed by atoms with Crippen molar-refractivity contribution in [1.29, 1.82) is 0 Å². The van der Waals surface area contributed by atoms with Gasteiger partial charge in [-0.2, -0.15) is 0 Å². The number of hydrogen-bond acceptors (Lipinski definition) is 3. The molecule has 1 amide bonds. The summed E-state index contributed by atoms with van der Waals surface area (Å²) in [4.78, 5) is 30.1. The number of rotatable bonds is 5. The van der Waals surface area contributed by atoms with Gasteiger partial charge in [-0.05, 0) is 29.6 Å². The maximum absolute atomic E-state index is 12.8. The Labute approximate surface area is 137 Å². The molecule has 0 aliphatic rings. The Morgan fingerprint density at radius 3 is 2.96 bits per heavy atom. The van der Waals surface area contributed by atoms with Crippen LogP contribution in [0.4, 0.5) is 0 Å². The molecule has 1 N–H and O–H groups in total. The molecule has 0 fully saturated rings.